The molecule has 0 aromatic carbocycles. The van der Waals surface area contributed by atoms with Crippen LogP contribution in [0, 0.1) is 5.41 Å². The van der Waals surface area contributed by atoms with Crippen molar-refractivity contribution in [3.8, 4) is 0 Å². The Bertz CT molecular complexity index is 486. The Morgan fingerprint density at radius 2 is 2.14 bits per heavy atom. The van der Waals surface area contributed by atoms with Gasteiger partial charge in [-0.1, -0.05) is 0 Å². The highest BCUT2D eigenvalue weighted by atomic mass is 35.5. The van der Waals surface area contributed by atoms with Gasteiger partial charge in [-0.05, 0) is 31.3 Å². The number of likely N-dealkylation sites (tertiary alicyclic amines) is 1. The lowest BCUT2D eigenvalue weighted by atomic mass is 9.87. The fraction of sp³-hybridized carbons (Fsp3) is 0.800. The number of halogens is 1. The van der Waals surface area contributed by atoms with Crippen molar-refractivity contribution in [1.29, 1.82) is 0 Å². The first-order valence-corrected chi connectivity index (χ1v) is 8.85. The number of thiazole rings is 1. The van der Waals surface area contributed by atoms with Gasteiger partial charge in [-0.3, -0.25) is 4.90 Å². The number of nitrogens with one attached hydrogen (secondary N) is 1. The molecule has 3 saturated heterocycles. The monoisotopic (exact) mass is 344 g/mol. The van der Waals surface area contributed by atoms with Crippen LogP contribution < -0.4 is 10.2 Å². The van der Waals surface area contributed by atoms with E-state index in [1.165, 1.54) is 49.0 Å². The van der Waals surface area contributed by atoms with E-state index in [2.05, 4.69) is 26.3 Å². The van der Waals surface area contributed by atoms with Gasteiger partial charge in [0.25, 0.3) is 0 Å². The van der Waals surface area contributed by atoms with Crippen LogP contribution in [0.25, 0.3) is 0 Å². The van der Waals surface area contributed by atoms with Crippen LogP contribution in [-0.2, 0) is 11.3 Å². The number of ether oxygens (including phenoxy) is 1. The zero-order valence-electron chi connectivity index (χ0n) is 12.9. The van der Waals surface area contributed by atoms with Crippen LogP contribution in [0.5, 0.6) is 0 Å². The summed E-state index contributed by atoms with van der Waals surface area (Å²) in [6.45, 7) is 9.60. The first-order valence-electron chi connectivity index (χ1n) is 8.04. The largest absolute Gasteiger partial charge is 0.378 e. The molecule has 1 spiro atoms. The summed E-state index contributed by atoms with van der Waals surface area (Å²) in [5.41, 5.74) is 0.567. The highest BCUT2D eigenvalue weighted by Crippen LogP contribution is 2.37. The van der Waals surface area contributed by atoms with Crippen molar-refractivity contribution in [1.82, 2.24) is 15.2 Å². The van der Waals surface area contributed by atoms with Gasteiger partial charge in [0.2, 0.25) is 0 Å². The van der Waals surface area contributed by atoms with Crippen molar-refractivity contribution < 1.29 is 4.74 Å². The molecule has 0 radical (unpaired) electrons. The van der Waals surface area contributed by atoms with Crippen LogP contribution in [0.4, 0.5) is 5.13 Å². The highest BCUT2D eigenvalue weighted by Gasteiger charge is 2.40. The molecule has 1 unspecified atom stereocenters. The van der Waals surface area contributed by atoms with Crippen LogP contribution in [0.2, 0.25) is 0 Å². The molecule has 5 nitrogen and oxygen atoms in total. The summed E-state index contributed by atoms with van der Waals surface area (Å²) >= 11 is 1.86. The predicted octanol–water partition coefficient (Wildman–Crippen LogP) is 1.59. The summed E-state index contributed by atoms with van der Waals surface area (Å²) in [7, 11) is 0. The summed E-state index contributed by atoms with van der Waals surface area (Å²) in [6.07, 6.45) is 4.79. The van der Waals surface area contributed by atoms with Gasteiger partial charge < -0.3 is 15.0 Å². The molecule has 124 valence electrons. The smallest absolute Gasteiger partial charge is 0.185 e. The van der Waals surface area contributed by atoms with E-state index < -0.39 is 0 Å². The van der Waals surface area contributed by atoms with Crippen LogP contribution in [0.3, 0.4) is 0 Å². The molecule has 0 bridgehead atoms. The lowest BCUT2D eigenvalue weighted by molar-refractivity contribution is 0.122. The van der Waals surface area contributed by atoms with Crippen molar-refractivity contribution in [2.45, 2.75) is 19.4 Å². The Morgan fingerprint density at radius 3 is 2.91 bits per heavy atom. The second kappa shape index (κ2) is 7.01. The SMILES string of the molecule is Cl.c1nc(N2CCOCC2)sc1CN1CCC2(CCNC2)C1. The van der Waals surface area contributed by atoms with Crippen LogP contribution in [0.1, 0.15) is 17.7 Å². The van der Waals surface area contributed by atoms with E-state index in [4.69, 9.17) is 4.74 Å². The Kier molecular flexibility index (Phi) is 5.24. The van der Waals surface area contributed by atoms with E-state index in [1.807, 2.05) is 11.3 Å². The number of hydrogen-bond acceptors (Lipinski definition) is 6. The second-order valence-electron chi connectivity index (χ2n) is 6.60. The van der Waals surface area contributed by atoms with Gasteiger partial charge in [0.15, 0.2) is 5.13 Å². The first kappa shape index (κ1) is 16.5. The van der Waals surface area contributed by atoms with E-state index in [1.54, 1.807) is 0 Å². The molecular weight excluding hydrogens is 320 g/mol. The van der Waals surface area contributed by atoms with Gasteiger partial charge in [-0.15, -0.1) is 23.7 Å². The second-order valence-corrected chi connectivity index (χ2v) is 7.69. The minimum absolute atomic E-state index is 0. The molecule has 0 aliphatic carbocycles. The number of anilines is 1. The molecule has 3 aliphatic heterocycles. The van der Waals surface area contributed by atoms with Gasteiger partial charge in [-0.25, -0.2) is 4.98 Å². The summed E-state index contributed by atoms with van der Waals surface area (Å²) in [6, 6.07) is 0. The third-order valence-electron chi connectivity index (χ3n) is 5.05. The average Bonchev–Trinajstić information content (AvgIpc) is 3.24. The van der Waals surface area contributed by atoms with E-state index in [0.29, 0.717) is 5.41 Å². The van der Waals surface area contributed by atoms with E-state index >= 15 is 0 Å². The standard InChI is InChI=1S/C15H24N4OS.ClH/c1-3-16-11-15(1)2-4-18(12-15)10-13-9-17-14(21-13)19-5-7-20-8-6-19;/h9,16H,1-8,10-12H2;1H. The number of morpholine rings is 1. The molecule has 7 heteroatoms. The maximum absolute atomic E-state index is 5.41. The van der Waals surface area contributed by atoms with Gasteiger partial charge in [0.05, 0.1) is 13.2 Å². The lowest BCUT2D eigenvalue weighted by Gasteiger charge is -2.26. The van der Waals surface area contributed by atoms with Gasteiger partial charge in [-0.2, -0.15) is 0 Å². The molecule has 4 rings (SSSR count). The number of hydrogen-bond donors (Lipinski definition) is 1. The van der Waals surface area contributed by atoms with Crippen molar-refractivity contribution in [2.75, 3.05) is 57.4 Å². The van der Waals surface area contributed by atoms with Gasteiger partial charge >= 0.3 is 0 Å². The summed E-state index contributed by atoms with van der Waals surface area (Å²) < 4.78 is 5.41. The molecule has 22 heavy (non-hydrogen) atoms. The van der Waals surface area contributed by atoms with Crippen molar-refractivity contribution in [3.05, 3.63) is 11.1 Å². The van der Waals surface area contributed by atoms with E-state index in [9.17, 15) is 0 Å². The zero-order valence-corrected chi connectivity index (χ0v) is 14.6. The number of rotatable bonds is 3. The molecule has 1 atom stereocenters. The number of nitrogens with zero attached hydrogens (tertiary/aromatic N) is 3. The quantitative estimate of drug-likeness (QED) is 0.901. The van der Waals surface area contributed by atoms with E-state index in [0.717, 1.165) is 32.8 Å². The summed E-state index contributed by atoms with van der Waals surface area (Å²) in [5.74, 6) is 0. The zero-order chi connectivity index (χ0) is 14.1. The van der Waals surface area contributed by atoms with Crippen molar-refractivity contribution in [2.24, 2.45) is 5.41 Å². The van der Waals surface area contributed by atoms with Crippen LogP contribution in [-0.4, -0.2) is 62.4 Å². The third kappa shape index (κ3) is 3.41. The molecule has 3 aliphatic rings. The normalized spacial score (nSPS) is 29.2. The fourth-order valence-corrected chi connectivity index (χ4v) is 4.80. The Balaban J connectivity index is 0.00000144. The van der Waals surface area contributed by atoms with Crippen molar-refractivity contribution >= 4 is 28.9 Å². The highest BCUT2D eigenvalue weighted by molar-refractivity contribution is 7.15. The molecule has 4 heterocycles. The van der Waals surface area contributed by atoms with Gasteiger partial charge in [0, 0.05) is 43.8 Å². The molecule has 0 saturated carbocycles. The topological polar surface area (TPSA) is 40.6 Å². The van der Waals surface area contributed by atoms with Crippen LogP contribution in [0.15, 0.2) is 6.20 Å². The molecular formula is C15H25ClN4OS. The molecule has 0 amide bonds. The lowest BCUT2D eigenvalue weighted by Crippen LogP contribution is -2.36. The van der Waals surface area contributed by atoms with Crippen LogP contribution >= 0.6 is 23.7 Å². The Labute approximate surface area is 142 Å². The summed E-state index contributed by atoms with van der Waals surface area (Å²) in [5, 5.41) is 4.70. The third-order valence-corrected chi connectivity index (χ3v) is 6.09. The predicted molar refractivity (Wildman–Crippen MR) is 92.2 cm³/mol. The molecule has 1 aromatic rings. The van der Waals surface area contributed by atoms with E-state index in [-0.39, 0.29) is 12.4 Å². The molecule has 1 N–H and O–H groups in total. The number of aromatic nitrogens is 1. The van der Waals surface area contributed by atoms with Gasteiger partial charge in [0.1, 0.15) is 0 Å². The average molecular weight is 345 g/mol. The summed E-state index contributed by atoms with van der Waals surface area (Å²) in [4.78, 5) is 11.0. The minimum atomic E-state index is 0. The Hall–Kier alpha value is -0.400. The first-order chi connectivity index (χ1) is 10.3. The maximum Gasteiger partial charge on any atom is 0.185 e. The Morgan fingerprint density at radius 1 is 1.27 bits per heavy atom. The fourth-order valence-electron chi connectivity index (χ4n) is 3.80. The molecule has 1 aromatic heterocycles. The minimum Gasteiger partial charge on any atom is -0.378 e. The maximum atomic E-state index is 5.41. The molecule has 3 fully saturated rings. The van der Waals surface area contributed by atoms with Crippen molar-refractivity contribution in [3.63, 3.8) is 0 Å².